The molecule has 0 aromatic carbocycles. The van der Waals surface area contributed by atoms with E-state index < -0.39 is 0 Å². The molecule has 0 aliphatic heterocycles. The first-order valence-electron chi connectivity index (χ1n) is 2.93. The van der Waals surface area contributed by atoms with E-state index in [2.05, 4.69) is 4.74 Å². The van der Waals surface area contributed by atoms with Crippen LogP contribution in [-0.4, -0.2) is 13.1 Å². The van der Waals surface area contributed by atoms with E-state index in [1.807, 2.05) is 13.0 Å². The molecule has 0 bridgehead atoms. The summed E-state index contributed by atoms with van der Waals surface area (Å²) in [5.41, 5.74) is 0. The van der Waals surface area contributed by atoms with E-state index in [1.165, 1.54) is 7.11 Å². The molecule has 2 nitrogen and oxygen atoms in total. The van der Waals surface area contributed by atoms with E-state index in [4.69, 9.17) is 0 Å². The molecule has 1 unspecified atom stereocenters. The van der Waals surface area contributed by atoms with Gasteiger partial charge in [-0.15, -0.1) is 0 Å². The van der Waals surface area contributed by atoms with Crippen molar-refractivity contribution in [3.05, 3.63) is 12.2 Å². The molecular weight excluding hydrogens is 116 g/mol. The van der Waals surface area contributed by atoms with Crippen molar-refractivity contribution in [2.45, 2.75) is 13.8 Å². The fraction of sp³-hybridized carbons (Fsp3) is 0.571. The van der Waals surface area contributed by atoms with Gasteiger partial charge in [-0.3, -0.25) is 4.79 Å². The molecule has 0 saturated carbocycles. The number of hydrogen-bond donors (Lipinski definition) is 0. The Balaban J connectivity index is 3.72. The average molecular weight is 128 g/mol. The molecule has 0 rings (SSSR count). The van der Waals surface area contributed by atoms with E-state index >= 15 is 0 Å². The Morgan fingerprint density at radius 3 is 2.56 bits per heavy atom. The Labute approximate surface area is 55.5 Å². The van der Waals surface area contributed by atoms with E-state index in [0.717, 1.165) is 0 Å². The van der Waals surface area contributed by atoms with E-state index in [9.17, 15) is 4.79 Å². The maximum atomic E-state index is 10.6. The van der Waals surface area contributed by atoms with Crippen LogP contribution in [0, 0.1) is 5.92 Å². The molecule has 0 aliphatic carbocycles. The quantitative estimate of drug-likeness (QED) is 0.414. The van der Waals surface area contributed by atoms with Gasteiger partial charge in [0.05, 0.1) is 13.0 Å². The Morgan fingerprint density at radius 2 is 2.22 bits per heavy atom. The number of hydrogen-bond acceptors (Lipinski definition) is 2. The van der Waals surface area contributed by atoms with Crippen molar-refractivity contribution >= 4 is 5.97 Å². The Bertz CT molecular complexity index is 116. The van der Waals surface area contributed by atoms with Gasteiger partial charge in [-0.05, 0) is 13.8 Å². The number of methoxy groups -OCH3 is 1. The van der Waals surface area contributed by atoms with Gasteiger partial charge in [-0.25, -0.2) is 0 Å². The molecule has 9 heavy (non-hydrogen) atoms. The second-order valence-corrected chi connectivity index (χ2v) is 1.84. The van der Waals surface area contributed by atoms with Crippen LogP contribution in [0.25, 0.3) is 0 Å². The minimum absolute atomic E-state index is 0.111. The van der Waals surface area contributed by atoms with Crippen LogP contribution in [0.15, 0.2) is 12.2 Å². The second-order valence-electron chi connectivity index (χ2n) is 1.84. The van der Waals surface area contributed by atoms with Crippen molar-refractivity contribution in [1.82, 2.24) is 0 Å². The van der Waals surface area contributed by atoms with Gasteiger partial charge in [0, 0.05) is 0 Å². The first-order valence-corrected chi connectivity index (χ1v) is 2.93. The third-order valence-corrected chi connectivity index (χ3v) is 1.05. The zero-order valence-corrected chi connectivity index (χ0v) is 6.05. The van der Waals surface area contributed by atoms with Crippen LogP contribution in [0.3, 0.4) is 0 Å². The zero-order chi connectivity index (χ0) is 7.28. The van der Waals surface area contributed by atoms with Gasteiger partial charge in [0.15, 0.2) is 0 Å². The van der Waals surface area contributed by atoms with Crippen LogP contribution in [0.2, 0.25) is 0 Å². The maximum absolute atomic E-state index is 10.6. The fourth-order valence-electron chi connectivity index (χ4n) is 0.553. The van der Waals surface area contributed by atoms with Crippen molar-refractivity contribution in [3.8, 4) is 0 Å². The van der Waals surface area contributed by atoms with Crippen molar-refractivity contribution in [2.24, 2.45) is 5.92 Å². The predicted octanol–water partition coefficient (Wildman–Crippen LogP) is 1.37. The molecule has 0 aromatic heterocycles. The van der Waals surface area contributed by atoms with Crippen LogP contribution in [0.4, 0.5) is 0 Å². The SMILES string of the molecule is CC=CC(C)C(=O)OC. The standard InChI is InChI=1S/C7H12O2/c1-4-5-6(2)7(8)9-3/h4-6H,1-3H3. The van der Waals surface area contributed by atoms with E-state index in [1.54, 1.807) is 13.0 Å². The summed E-state index contributed by atoms with van der Waals surface area (Å²) in [5, 5.41) is 0. The largest absolute Gasteiger partial charge is 0.469 e. The minimum Gasteiger partial charge on any atom is -0.469 e. The van der Waals surface area contributed by atoms with Crippen molar-refractivity contribution in [1.29, 1.82) is 0 Å². The summed E-state index contributed by atoms with van der Waals surface area (Å²) in [6.45, 7) is 3.67. The van der Waals surface area contributed by atoms with Gasteiger partial charge in [-0.1, -0.05) is 12.2 Å². The molecule has 1 atom stereocenters. The Hall–Kier alpha value is -0.790. The third kappa shape index (κ3) is 2.90. The molecule has 52 valence electrons. The summed E-state index contributed by atoms with van der Waals surface area (Å²) >= 11 is 0. The molecule has 0 N–H and O–H groups in total. The lowest BCUT2D eigenvalue weighted by Gasteiger charge is -2.00. The summed E-state index contributed by atoms with van der Waals surface area (Å²) in [4.78, 5) is 10.6. The lowest BCUT2D eigenvalue weighted by Crippen LogP contribution is -2.09. The zero-order valence-electron chi connectivity index (χ0n) is 6.05. The van der Waals surface area contributed by atoms with E-state index in [-0.39, 0.29) is 11.9 Å². The number of allylic oxidation sites excluding steroid dienone is 1. The lowest BCUT2D eigenvalue weighted by atomic mass is 10.2. The summed E-state index contributed by atoms with van der Waals surface area (Å²) in [6, 6.07) is 0. The predicted molar refractivity (Wildman–Crippen MR) is 36.0 cm³/mol. The Morgan fingerprint density at radius 1 is 1.67 bits per heavy atom. The maximum Gasteiger partial charge on any atom is 0.312 e. The topological polar surface area (TPSA) is 26.3 Å². The minimum atomic E-state index is -0.187. The highest BCUT2D eigenvalue weighted by atomic mass is 16.5. The average Bonchev–Trinajstić information content (AvgIpc) is 1.87. The van der Waals surface area contributed by atoms with Gasteiger partial charge < -0.3 is 4.74 Å². The monoisotopic (exact) mass is 128 g/mol. The third-order valence-electron chi connectivity index (χ3n) is 1.05. The normalized spacial score (nSPS) is 13.7. The number of ether oxygens (including phenoxy) is 1. The van der Waals surface area contributed by atoms with Crippen LogP contribution in [0.5, 0.6) is 0 Å². The number of carbonyl (C=O) groups excluding carboxylic acids is 1. The summed E-state index contributed by atoms with van der Waals surface area (Å²) < 4.78 is 4.47. The van der Waals surface area contributed by atoms with E-state index in [0.29, 0.717) is 0 Å². The first-order chi connectivity index (χ1) is 4.22. The lowest BCUT2D eigenvalue weighted by molar-refractivity contribution is -0.143. The summed E-state index contributed by atoms with van der Waals surface area (Å²) in [5.74, 6) is -0.298. The number of esters is 1. The molecule has 2 heteroatoms. The molecule has 0 aromatic rings. The first kappa shape index (κ1) is 8.21. The van der Waals surface area contributed by atoms with Gasteiger partial charge in [0.2, 0.25) is 0 Å². The molecule has 0 radical (unpaired) electrons. The molecule has 0 spiro atoms. The fourth-order valence-corrected chi connectivity index (χ4v) is 0.553. The van der Waals surface area contributed by atoms with Crippen LogP contribution in [0.1, 0.15) is 13.8 Å². The van der Waals surface area contributed by atoms with Crippen LogP contribution in [-0.2, 0) is 9.53 Å². The second kappa shape index (κ2) is 4.13. The summed E-state index contributed by atoms with van der Waals surface area (Å²) in [7, 11) is 1.39. The van der Waals surface area contributed by atoms with Crippen LogP contribution >= 0.6 is 0 Å². The number of carbonyl (C=O) groups is 1. The van der Waals surface area contributed by atoms with Gasteiger partial charge in [0.25, 0.3) is 0 Å². The Kier molecular flexibility index (Phi) is 3.76. The van der Waals surface area contributed by atoms with Crippen molar-refractivity contribution in [3.63, 3.8) is 0 Å². The van der Waals surface area contributed by atoms with Crippen molar-refractivity contribution < 1.29 is 9.53 Å². The highest BCUT2D eigenvalue weighted by molar-refractivity contribution is 5.73. The highest BCUT2D eigenvalue weighted by Crippen LogP contribution is 1.98. The molecule has 0 heterocycles. The molecule has 0 amide bonds. The van der Waals surface area contributed by atoms with Crippen LogP contribution < -0.4 is 0 Å². The van der Waals surface area contributed by atoms with Crippen molar-refractivity contribution in [2.75, 3.05) is 7.11 Å². The van der Waals surface area contributed by atoms with Gasteiger partial charge in [-0.2, -0.15) is 0 Å². The van der Waals surface area contributed by atoms with Gasteiger partial charge >= 0.3 is 5.97 Å². The molecule has 0 fully saturated rings. The highest BCUT2D eigenvalue weighted by Gasteiger charge is 2.06. The summed E-state index contributed by atoms with van der Waals surface area (Å²) in [6.07, 6.45) is 3.63. The number of rotatable bonds is 2. The molecule has 0 saturated heterocycles. The molecular formula is C7H12O2. The smallest absolute Gasteiger partial charge is 0.312 e. The van der Waals surface area contributed by atoms with Gasteiger partial charge in [0.1, 0.15) is 0 Å². The molecule has 0 aliphatic rings.